The van der Waals surface area contributed by atoms with E-state index in [1.807, 2.05) is 84.9 Å². The number of aliphatic carboxylic acids is 1. The lowest BCUT2D eigenvalue weighted by molar-refractivity contribution is -0.145. The van der Waals surface area contributed by atoms with Crippen molar-refractivity contribution in [1.29, 1.82) is 0 Å². The summed E-state index contributed by atoms with van der Waals surface area (Å²) in [7, 11) is 0. The van der Waals surface area contributed by atoms with Gasteiger partial charge in [-0.15, -0.1) is 0 Å². The molecule has 0 aliphatic carbocycles. The molecule has 0 amide bonds. The number of ether oxygens (including phenoxy) is 1. The summed E-state index contributed by atoms with van der Waals surface area (Å²) in [6, 6.07) is 30.6. The molecule has 176 valence electrons. The zero-order valence-corrected chi connectivity index (χ0v) is 20.0. The molecule has 0 bridgehead atoms. The van der Waals surface area contributed by atoms with Crippen LogP contribution in [0.25, 0.3) is 22.3 Å². The fourth-order valence-corrected chi connectivity index (χ4v) is 4.03. The van der Waals surface area contributed by atoms with Gasteiger partial charge in [-0.25, -0.2) is 4.79 Å². The minimum Gasteiger partial charge on any atom is -0.479 e. The van der Waals surface area contributed by atoms with Crippen molar-refractivity contribution in [2.24, 2.45) is 0 Å². The van der Waals surface area contributed by atoms with Crippen molar-refractivity contribution in [3.63, 3.8) is 0 Å². The minimum absolute atomic E-state index is 0.181. The Morgan fingerprint density at radius 3 is 1.97 bits per heavy atom. The summed E-state index contributed by atoms with van der Waals surface area (Å²) < 4.78 is 5.85. The van der Waals surface area contributed by atoms with E-state index >= 15 is 0 Å². The highest BCUT2D eigenvalue weighted by atomic mass is 35.5. The van der Waals surface area contributed by atoms with Crippen molar-refractivity contribution >= 4 is 23.4 Å². The SMILES string of the molecule is CC(=O)c1cc(-c2ccccc2)ccc1OC(CCc1ccc(-c2ccc(Cl)cc2)cc1)C(=O)O. The number of hydrogen-bond donors (Lipinski definition) is 1. The van der Waals surface area contributed by atoms with E-state index in [1.165, 1.54) is 6.92 Å². The molecule has 0 aliphatic rings. The van der Waals surface area contributed by atoms with Crippen LogP contribution >= 0.6 is 11.6 Å². The molecule has 0 heterocycles. The topological polar surface area (TPSA) is 63.6 Å². The summed E-state index contributed by atoms with van der Waals surface area (Å²) in [4.78, 5) is 24.3. The number of carbonyl (C=O) groups is 2. The number of hydrogen-bond acceptors (Lipinski definition) is 3. The maximum atomic E-state index is 12.3. The van der Waals surface area contributed by atoms with Crippen LogP contribution in [-0.2, 0) is 11.2 Å². The number of Topliss-reactive ketones (excluding diaryl/α,β-unsaturated/α-hetero) is 1. The molecule has 35 heavy (non-hydrogen) atoms. The fraction of sp³-hybridized carbons (Fsp3) is 0.133. The highest BCUT2D eigenvalue weighted by molar-refractivity contribution is 6.30. The molecule has 1 atom stereocenters. The van der Waals surface area contributed by atoms with Gasteiger partial charge >= 0.3 is 5.97 Å². The lowest BCUT2D eigenvalue weighted by Gasteiger charge is -2.18. The fourth-order valence-electron chi connectivity index (χ4n) is 3.91. The van der Waals surface area contributed by atoms with Crippen LogP contribution in [0.2, 0.25) is 5.02 Å². The molecule has 5 heteroatoms. The molecule has 0 saturated heterocycles. The van der Waals surface area contributed by atoms with Crippen LogP contribution in [0.4, 0.5) is 0 Å². The monoisotopic (exact) mass is 484 g/mol. The number of benzene rings is 4. The van der Waals surface area contributed by atoms with Gasteiger partial charge in [0.25, 0.3) is 0 Å². The van der Waals surface area contributed by atoms with Gasteiger partial charge in [-0.1, -0.05) is 84.4 Å². The molecule has 0 aliphatic heterocycles. The van der Waals surface area contributed by atoms with E-state index in [0.717, 1.165) is 27.8 Å². The van der Waals surface area contributed by atoms with Crippen LogP contribution in [0.5, 0.6) is 5.75 Å². The summed E-state index contributed by atoms with van der Waals surface area (Å²) in [6.45, 7) is 1.45. The second-order valence-electron chi connectivity index (χ2n) is 8.32. The van der Waals surface area contributed by atoms with Gasteiger partial charge in [-0.2, -0.15) is 0 Å². The Morgan fingerprint density at radius 1 is 0.800 bits per heavy atom. The Morgan fingerprint density at radius 2 is 1.37 bits per heavy atom. The number of rotatable bonds is 9. The van der Waals surface area contributed by atoms with Crippen molar-refractivity contribution in [3.05, 3.63) is 113 Å². The zero-order chi connectivity index (χ0) is 24.8. The number of ketones is 1. The van der Waals surface area contributed by atoms with E-state index in [9.17, 15) is 14.7 Å². The van der Waals surface area contributed by atoms with Gasteiger partial charge in [0.15, 0.2) is 11.9 Å². The van der Waals surface area contributed by atoms with Gasteiger partial charge in [0.05, 0.1) is 5.56 Å². The third-order valence-corrected chi connectivity index (χ3v) is 6.09. The molecule has 4 aromatic rings. The van der Waals surface area contributed by atoms with E-state index < -0.39 is 12.1 Å². The van der Waals surface area contributed by atoms with Crippen LogP contribution < -0.4 is 4.74 Å². The quantitative estimate of drug-likeness (QED) is 0.252. The lowest BCUT2D eigenvalue weighted by atomic mass is 10.00. The first kappa shape index (κ1) is 24.2. The average molecular weight is 485 g/mol. The van der Waals surface area contributed by atoms with Crippen molar-refractivity contribution in [1.82, 2.24) is 0 Å². The summed E-state index contributed by atoms with van der Waals surface area (Å²) in [5.41, 5.74) is 5.33. The normalized spacial score (nSPS) is 11.6. The van der Waals surface area contributed by atoms with Crippen LogP contribution in [0.15, 0.2) is 97.1 Å². The number of halogens is 1. The molecule has 4 rings (SSSR count). The maximum absolute atomic E-state index is 12.3. The number of carboxylic acids is 1. The Kier molecular flexibility index (Phi) is 7.64. The Labute approximate surface area is 209 Å². The molecule has 0 fully saturated rings. The second-order valence-corrected chi connectivity index (χ2v) is 8.76. The van der Waals surface area contributed by atoms with Gasteiger partial charge in [-0.05, 0) is 71.8 Å². The molecular formula is C30H25ClO4. The van der Waals surface area contributed by atoms with E-state index in [2.05, 4.69) is 0 Å². The third kappa shape index (κ3) is 6.17. The molecule has 0 saturated carbocycles. The first-order chi connectivity index (χ1) is 16.9. The highest BCUT2D eigenvalue weighted by Crippen LogP contribution is 2.29. The minimum atomic E-state index is -1.08. The Hall–Kier alpha value is -3.89. The van der Waals surface area contributed by atoms with E-state index in [-0.39, 0.29) is 18.0 Å². The van der Waals surface area contributed by atoms with E-state index in [1.54, 1.807) is 12.1 Å². The summed E-state index contributed by atoms with van der Waals surface area (Å²) in [5.74, 6) is -0.966. The molecule has 1 unspecified atom stereocenters. The van der Waals surface area contributed by atoms with Crippen LogP contribution in [0.1, 0.15) is 29.3 Å². The van der Waals surface area contributed by atoms with Gasteiger partial charge in [0.1, 0.15) is 5.75 Å². The van der Waals surface area contributed by atoms with Gasteiger partial charge in [0, 0.05) is 5.02 Å². The van der Waals surface area contributed by atoms with Crippen LogP contribution in [0.3, 0.4) is 0 Å². The van der Waals surface area contributed by atoms with Crippen molar-refractivity contribution in [2.45, 2.75) is 25.9 Å². The molecule has 0 spiro atoms. The molecule has 0 radical (unpaired) electrons. The van der Waals surface area contributed by atoms with Crippen molar-refractivity contribution in [3.8, 4) is 28.0 Å². The average Bonchev–Trinajstić information content (AvgIpc) is 2.87. The first-order valence-corrected chi connectivity index (χ1v) is 11.7. The van der Waals surface area contributed by atoms with Gasteiger partial charge in [-0.3, -0.25) is 4.79 Å². The second kappa shape index (κ2) is 11.0. The standard InChI is InChI=1S/C30H25ClO4/c1-20(32)27-19-25(22-5-3-2-4-6-22)14-18-28(27)35-29(30(33)34)17-9-21-7-10-23(11-8-21)24-12-15-26(31)16-13-24/h2-8,10-16,18-19,29H,9,17H2,1H3,(H,33,34). The number of carboxylic acid groups (broad SMARTS) is 1. The highest BCUT2D eigenvalue weighted by Gasteiger charge is 2.22. The van der Waals surface area contributed by atoms with Gasteiger partial charge < -0.3 is 9.84 Å². The van der Waals surface area contributed by atoms with Crippen molar-refractivity contribution in [2.75, 3.05) is 0 Å². The zero-order valence-electron chi connectivity index (χ0n) is 19.3. The lowest BCUT2D eigenvalue weighted by Crippen LogP contribution is -2.28. The number of aryl methyl sites for hydroxylation is 1. The van der Waals surface area contributed by atoms with Gasteiger partial charge in [0.2, 0.25) is 0 Å². The third-order valence-electron chi connectivity index (χ3n) is 5.84. The van der Waals surface area contributed by atoms with Crippen LogP contribution in [-0.4, -0.2) is 23.0 Å². The smallest absolute Gasteiger partial charge is 0.344 e. The molecule has 4 aromatic carbocycles. The summed E-state index contributed by atoms with van der Waals surface area (Å²) in [5, 5.41) is 10.5. The predicted molar refractivity (Wildman–Crippen MR) is 139 cm³/mol. The van der Waals surface area contributed by atoms with Crippen LogP contribution in [0, 0.1) is 0 Å². The molecule has 1 N–H and O–H groups in total. The summed E-state index contributed by atoms with van der Waals surface area (Å²) in [6.07, 6.45) is -0.283. The summed E-state index contributed by atoms with van der Waals surface area (Å²) >= 11 is 5.96. The Balaban J connectivity index is 1.47. The molecule has 0 aromatic heterocycles. The first-order valence-electron chi connectivity index (χ1n) is 11.4. The largest absolute Gasteiger partial charge is 0.479 e. The number of carbonyl (C=O) groups excluding carboxylic acids is 1. The van der Waals surface area contributed by atoms with Crippen molar-refractivity contribution < 1.29 is 19.4 Å². The van der Waals surface area contributed by atoms with E-state index in [0.29, 0.717) is 17.0 Å². The van der Waals surface area contributed by atoms with E-state index in [4.69, 9.17) is 16.3 Å². The predicted octanol–water partition coefficient (Wildman–Crippen LogP) is 7.34. The maximum Gasteiger partial charge on any atom is 0.344 e. The Bertz CT molecular complexity index is 1310. The molecular weight excluding hydrogens is 460 g/mol. The molecule has 4 nitrogen and oxygen atoms in total.